The Balaban J connectivity index is 4.03. The molecule has 0 fully saturated rings. The number of hydrogen-bond donors (Lipinski definition) is 2. The van der Waals surface area contributed by atoms with Gasteiger partial charge in [0.05, 0.1) is 6.04 Å². The molecule has 0 amide bonds. The highest BCUT2D eigenvalue weighted by molar-refractivity contribution is 7.80. The highest BCUT2D eigenvalue weighted by Gasteiger charge is 2.26. The first-order chi connectivity index (χ1) is 4.89. The summed E-state index contributed by atoms with van der Waals surface area (Å²) in [5.74, 6) is 0.787. The van der Waals surface area contributed by atoms with Gasteiger partial charge in [-0.2, -0.15) is 12.6 Å². The molecular formula is C8H17NOS. The Morgan fingerprint density at radius 1 is 1.55 bits per heavy atom. The van der Waals surface area contributed by atoms with E-state index in [4.69, 9.17) is 5.73 Å². The predicted octanol–water partition coefficient (Wildman–Crippen LogP) is 1.25. The Hall–Kier alpha value is -0.0200. The van der Waals surface area contributed by atoms with E-state index in [1.807, 2.05) is 20.8 Å². The molecule has 3 heteroatoms. The van der Waals surface area contributed by atoms with Gasteiger partial charge >= 0.3 is 0 Å². The van der Waals surface area contributed by atoms with Gasteiger partial charge in [-0.05, 0) is 12.2 Å². The molecule has 0 aromatic heterocycles. The molecule has 0 saturated heterocycles. The largest absolute Gasteiger partial charge is 0.321 e. The molecule has 0 aromatic rings. The van der Waals surface area contributed by atoms with Crippen LogP contribution in [0.1, 0.15) is 27.2 Å². The summed E-state index contributed by atoms with van der Waals surface area (Å²) in [6.07, 6.45) is 0.666. The van der Waals surface area contributed by atoms with Crippen LogP contribution in [0.4, 0.5) is 0 Å². The van der Waals surface area contributed by atoms with Crippen LogP contribution in [0.2, 0.25) is 0 Å². The fourth-order valence-electron chi connectivity index (χ4n) is 0.826. The van der Waals surface area contributed by atoms with Crippen molar-refractivity contribution in [3.05, 3.63) is 0 Å². The number of hydrogen-bond acceptors (Lipinski definition) is 3. The predicted molar refractivity (Wildman–Crippen MR) is 50.9 cm³/mol. The van der Waals surface area contributed by atoms with Gasteiger partial charge in [0.2, 0.25) is 0 Å². The van der Waals surface area contributed by atoms with Crippen LogP contribution in [0.25, 0.3) is 0 Å². The van der Waals surface area contributed by atoms with E-state index < -0.39 is 0 Å². The van der Waals surface area contributed by atoms with Crippen molar-refractivity contribution in [2.45, 2.75) is 33.2 Å². The number of carbonyl (C=O) groups excluding carboxylic acids is 1. The van der Waals surface area contributed by atoms with Crippen molar-refractivity contribution in [1.29, 1.82) is 0 Å². The van der Waals surface area contributed by atoms with Crippen LogP contribution < -0.4 is 5.73 Å². The van der Waals surface area contributed by atoms with Gasteiger partial charge in [-0.3, -0.25) is 4.79 Å². The highest BCUT2D eigenvalue weighted by Crippen LogP contribution is 2.17. The average molecular weight is 175 g/mol. The summed E-state index contributed by atoms with van der Waals surface area (Å²) in [4.78, 5) is 11.4. The third kappa shape index (κ3) is 3.77. The number of rotatable bonds is 3. The summed E-state index contributed by atoms with van der Waals surface area (Å²) in [6.45, 7) is 5.65. The van der Waals surface area contributed by atoms with Crippen LogP contribution in [0.3, 0.4) is 0 Å². The van der Waals surface area contributed by atoms with Gasteiger partial charge in [0.1, 0.15) is 0 Å². The van der Waals surface area contributed by atoms with E-state index in [-0.39, 0.29) is 17.2 Å². The minimum absolute atomic E-state index is 0.117. The van der Waals surface area contributed by atoms with Crippen molar-refractivity contribution < 1.29 is 4.79 Å². The van der Waals surface area contributed by atoms with Crippen molar-refractivity contribution in [2.24, 2.45) is 11.1 Å². The molecule has 11 heavy (non-hydrogen) atoms. The third-order valence-corrected chi connectivity index (χ3v) is 1.77. The molecule has 0 spiro atoms. The second-order valence-corrected chi connectivity index (χ2v) is 4.18. The maximum atomic E-state index is 11.4. The van der Waals surface area contributed by atoms with Gasteiger partial charge in [0.25, 0.3) is 0 Å². The van der Waals surface area contributed by atoms with E-state index in [0.29, 0.717) is 12.2 Å². The van der Waals surface area contributed by atoms with Crippen LogP contribution in [0.15, 0.2) is 0 Å². The van der Waals surface area contributed by atoms with Gasteiger partial charge in [0.15, 0.2) is 5.78 Å². The summed E-state index contributed by atoms with van der Waals surface area (Å²) in [5.41, 5.74) is 5.30. The van der Waals surface area contributed by atoms with E-state index in [9.17, 15) is 4.79 Å². The van der Waals surface area contributed by atoms with Crippen LogP contribution in [0, 0.1) is 5.41 Å². The Labute approximate surface area is 74.0 Å². The fourth-order valence-corrected chi connectivity index (χ4v) is 1.10. The summed E-state index contributed by atoms with van der Waals surface area (Å²) < 4.78 is 0. The Bertz CT molecular complexity index is 140. The molecule has 0 bridgehead atoms. The maximum absolute atomic E-state index is 11.4. The lowest BCUT2D eigenvalue weighted by Gasteiger charge is -2.20. The molecule has 0 aliphatic carbocycles. The lowest BCUT2D eigenvalue weighted by atomic mass is 9.86. The molecule has 0 rings (SSSR count). The normalized spacial score (nSPS) is 14.6. The van der Waals surface area contributed by atoms with Gasteiger partial charge in [-0.15, -0.1) is 0 Å². The zero-order valence-electron chi connectivity index (χ0n) is 7.42. The molecule has 0 aromatic carbocycles. The van der Waals surface area contributed by atoms with Crippen LogP contribution in [0.5, 0.6) is 0 Å². The fraction of sp³-hybridized carbons (Fsp3) is 0.875. The standard InChI is InChI=1S/C8H17NOS/c1-8(2,3)7(10)6(9)4-5-11/h6,11H,4-5,9H2,1-3H3. The van der Waals surface area contributed by atoms with Crippen molar-refractivity contribution in [1.82, 2.24) is 0 Å². The quantitative estimate of drug-likeness (QED) is 0.634. The Kier molecular flexibility index (Phi) is 4.11. The van der Waals surface area contributed by atoms with Crippen LogP contribution in [-0.2, 0) is 4.79 Å². The molecule has 2 nitrogen and oxygen atoms in total. The highest BCUT2D eigenvalue weighted by atomic mass is 32.1. The van der Waals surface area contributed by atoms with E-state index in [1.54, 1.807) is 0 Å². The lowest BCUT2D eigenvalue weighted by molar-refractivity contribution is -0.127. The van der Waals surface area contributed by atoms with Crippen molar-refractivity contribution in [2.75, 3.05) is 5.75 Å². The molecule has 2 N–H and O–H groups in total. The van der Waals surface area contributed by atoms with Crippen LogP contribution in [-0.4, -0.2) is 17.6 Å². The molecule has 0 saturated carbocycles. The molecule has 66 valence electrons. The smallest absolute Gasteiger partial charge is 0.154 e. The molecule has 0 aliphatic heterocycles. The molecule has 0 heterocycles. The topological polar surface area (TPSA) is 43.1 Å². The number of nitrogens with two attached hydrogens (primary N) is 1. The minimum Gasteiger partial charge on any atom is -0.321 e. The minimum atomic E-state index is -0.340. The number of ketones is 1. The first-order valence-electron chi connectivity index (χ1n) is 3.80. The van der Waals surface area contributed by atoms with E-state index in [2.05, 4.69) is 12.6 Å². The molecule has 1 unspecified atom stereocenters. The average Bonchev–Trinajstić information content (AvgIpc) is 1.85. The summed E-state index contributed by atoms with van der Waals surface area (Å²) in [6, 6.07) is -0.340. The molecule has 1 atom stereocenters. The van der Waals surface area contributed by atoms with Gasteiger partial charge in [-0.1, -0.05) is 20.8 Å². The van der Waals surface area contributed by atoms with E-state index in [1.165, 1.54) is 0 Å². The van der Waals surface area contributed by atoms with Crippen molar-refractivity contribution >= 4 is 18.4 Å². The maximum Gasteiger partial charge on any atom is 0.154 e. The first-order valence-corrected chi connectivity index (χ1v) is 4.43. The Morgan fingerprint density at radius 3 is 2.27 bits per heavy atom. The molecular weight excluding hydrogens is 158 g/mol. The van der Waals surface area contributed by atoms with Gasteiger partial charge < -0.3 is 5.73 Å². The summed E-state index contributed by atoms with van der Waals surface area (Å²) in [7, 11) is 0. The third-order valence-electron chi connectivity index (χ3n) is 1.52. The first kappa shape index (κ1) is 11.0. The summed E-state index contributed by atoms with van der Waals surface area (Å²) >= 11 is 4.02. The zero-order chi connectivity index (χ0) is 9.07. The summed E-state index contributed by atoms with van der Waals surface area (Å²) in [5, 5.41) is 0. The number of carbonyl (C=O) groups is 1. The van der Waals surface area contributed by atoms with Crippen LogP contribution >= 0.6 is 12.6 Å². The number of Topliss-reactive ketones (excluding diaryl/α,β-unsaturated/α-hetero) is 1. The molecule has 0 aliphatic rings. The van der Waals surface area contributed by atoms with Gasteiger partial charge in [-0.25, -0.2) is 0 Å². The lowest BCUT2D eigenvalue weighted by Crippen LogP contribution is -2.39. The van der Waals surface area contributed by atoms with Crippen molar-refractivity contribution in [3.8, 4) is 0 Å². The second-order valence-electron chi connectivity index (χ2n) is 3.73. The van der Waals surface area contributed by atoms with E-state index in [0.717, 1.165) is 0 Å². The zero-order valence-corrected chi connectivity index (χ0v) is 8.32. The van der Waals surface area contributed by atoms with E-state index >= 15 is 0 Å². The SMILES string of the molecule is CC(C)(C)C(=O)C(N)CCS. The van der Waals surface area contributed by atoms with Crippen molar-refractivity contribution in [3.63, 3.8) is 0 Å². The van der Waals surface area contributed by atoms with Gasteiger partial charge in [0, 0.05) is 5.41 Å². The Morgan fingerprint density at radius 2 is 2.00 bits per heavy atom. The number of thiol groups is 1. The monoisotopic (exact) mass is 175 g/mol. The second kappa shape index (κ2) is 4.12. The molecule has 0 radical (unpaired) electrons.